The predicted octanol–water partition coefficient (Wildman–Crippen LogP) is 1.38. The third-order valence-electron chi connectivity index (χ3n) is 1.64. The van der Waals surface area contributed by atoms with Crippen molar-refractivity contribution in [2.45, 2.75) is 25.4 Å². The number of carboxylic acid groups (broad SMARTS) is 1. The molecule has 0 amide bonds. The molecule has 6 heteroatoms. The summed E-state index contributed by atoms with van der Waals surface area (Å²) in [5.74, 6) is -4.07. The van der Waals surface area contributed by atoms with Crippen molar-refractivity contribution in [2.24, 2.45) is 11.7 Å². The van der Waals surface area contributed by atoms with Crippen LogP contribution in [0.15, 0.2) is 0 Å². The summed E-state index contributed by atoms with van der Waals surface area (Å²) in [6.07, 6.45) is -4.44. The molecule has 1 atom stereocenters. The lowest BCUT2D eigenvalue weighted by Gasteiger charge is -2.15. The number of hydrogen-bond acceptors (Lipinski definition) is 2. The van der Waals surface area contributed by atoms with Crippen molar-refractivity contribution in [1.82, 2.24) is 0 Å². The van der Waals surface area contributed by atoms with Crippen molar-refractivity contribution in [3.8, 4) is 0 Å². The van der Waals surface area contributed by atoms with Crippen molar-refractivity contribution >= 4 is 5.97 Å². The normalized spacial score (nSPS) is 14.2. The average Bonchev–Trinajstić information content (AvgIpc) is 1.94. The van der Waals surface area contributed by atoms with Crippen molar-refractivity contribution in [2.75, 3.05) is 6.54 Å². The van der Waals surface area contributed by atoms with Crippen LogP contribution in [0.25, 0.3) is 0 Å². The van der Waals surface area contributed by atoms with Crippen LogP contribution < -0.4 is 5.73 Å². The van der Waals surface area contributed by atoms with Crippen molar-refractivity contribution in [3.63, 3.8) is 0 Å². The van der Waals surface area contributed by atoms with Gasteiger partial charge in [0.15, 0.2) is 5.92 Å². The van der Waals surface area contributed by atoms with Crippen LogP contribution in [0.2, 0.25) is 0 Å². The number of unbranched alkanes of at least 4 members (excludes halogenated alkanes) is 1. The number of aliphatic carboxylic acids is 1. The van der Waals surface area contributed by atoms with E-state index < -0.39 is 24.5 Å². The maximum absolute atomic E-state index is 12.0. The minimum atomic E-state index is -4.65. The fourth-order valence-electron chi connectivity index (χ4n) is 0.920. The number of halogens is 3. The second kappa shape index (κ2) is 5.06. The maximum Gasteiger partial charge on any atom is 0.402 e. The highest BCUT2D eigenvalue weighted by atomic mass is 19.4. The molecule has 3 N–H and O–H groups in total. The van der Waals surface area contributed by atoms with E-state index in [0.29, 0.717) is 6.42 Å². The van der Waals surface area contributed by atoms with Crippen LogP contribution in [0.4, 0.5) is 13.2 Å². The summed E-state index contributed by atoms with van der Waals surface area (Å²) in [7, 11) is 0. The molecule has 0 aliphatic rings. The largest absolute Gasteiger partial charge is 0.481 e. The summed E-state index contributed by atoms with van der Waals surface area (Å²) < 4.78 is 36.0. The monoisotopic (exact) mass is 199 g/mol. The highest BCUT2D eigenvalue weighted by Crippen LogP contribution is 2.30. The molecule has 13 heavy (non-hydrogen) atoms. The highest BCUT2D eigenvalue weighted by Gasteiger charge is 2.44. The summed E-state index contributed by atoms with van der Waals surface area (Å²) in [5, 5.41) is 8.26. The Labute approximate surface area is 73.7 Å². The number of alkyl halides is 3. The quantitative estimate of drug-likeness (QED) is 0.657. The van der Waals surface area contributed by atoms with Crippen molar-refractivity contribution in [1.29, 1.82) is 0 Å². The molecule has 0 aliphatic heterocycles. The third kappa shape index (κ3) is 4.72. The van der Waals surface area contributed by atoms with E-state index in [1.54, 1.807) is 0 Å². The topological polar surface area (TPSA) is 63.3 Å². The predicted molar refractivity (Wildman–Crippen MR) is 40.1 cm³/mol. The summed E-state index contributed by atoms with van der Waals surface area (Å²) >= 11 is 0. The molecule has 0 bridgehead atoms. The molecule has 0 rings (SSSR count). The van der Waals surface area contributed by atoms with E-state index in [1.165, 1.54) is 0 Å². The van der Waals surface area contributed by atoms with Crippen LogP contribution in [0, 0.1) is 5.92 Å². The highest BCUT2D eigenvalue weighted by molar-refractivity contribution is 5.70. The van der Waals surface area contributed by atoms with Gasteiger partial charge in [0.1, 0.15) is 0 Å². The lowest BCUT2D eigenvalue weighted by molar-refractivity contribution is -0.194. The fourth-order valence-corrected chi connectivity index (χ4v) is 0.920. The third-order valence-corrected chi connectivity index (χ3v) is 1.64. The zero-order valence-electron chi connectivity index (χ0n) is 6.97. The van der Waals surface area contributed by atoms with Gasteiger partial charge in [-0.3, -0.25) is 4.79 Å². The Balaban J connectivity index is 4.04. The van der Waals surface area contributed by atoms with E-state index >= 15 is 0 Å². The van der Waals surface area contributed by atoms with Crippen molar-refractivity contribution in [3.05, 3.63) is 0 Å². The molecule has 0 fully saturated rings. The van der Waals surface area contributed by atoms with E-state index in [-0.39, 0.29) is 13.0 Å². The Morgan fingerprint density at radius 3 is 2.23 bits per heavy atom. The Morgan fingerprint density at radius 1 is 1.38 bits per heavy atom. The summed E-state index contributed by atoms with van der Waals surface area (Å²) in [5.41, 5.74) is 5.07. The molecule has 0 radical (unpaired) electrons. The second-order valence-electron chi connectivity index (χ2n) is 2.72. The van der Waals surface area contributed by atoms with Gasteiger partial charge in [0.05, 0.1) is 0 Å². The number of rotatable bonds is 5. The minimum absolute atomic E-state index is 0.187. The Hall–Kier alpha value is -0.780. The molecule has 0 aromatic carbocycles. The van der Waals surface area contributed by atoms with E-state index in [1.807, 2.05) is 0 Å². The molecule has 0 aliphatic carbocycles. The number of carbonyl (C=O) groups is 1. The van der Waals surface area contributed by atoms with Crippen LogP contribution in [-0.4, -0.2) is 23.8 Å². The van der Waals surface area contributed by atoms with Gasteiger partial charge in [0.2, 0.25) is 0 Å². The first-order valence-corrected chi connectivity index (χ1v) is 3.89. The van der Waals surface area contributed by atoms with Crippen LogP contribution in [0.5, 0.6) is 0 Å². The molecule has 0 heterocycles. The van der Waals surface area contributed by atoms with Gasteiger partial charge < -0.3 is 10.8 Å². The van der Waals surface area contributed by atoms with Gasteiger partial charge in [0, 0.05) is 0 Å². The lowest BCUT2D eigenvalue weighted by Crippen LogP contribution is -2.30. The summed E-state index contributed by atoms with van der Waals surface area (Å²) in [6, 6.07) is 0. The average molecular weight is 199 g/mol. The van der Waals surface area contributed by atoms with E-state index in [4.69, 9.17) is 10.8 Å². The molecular formula is C7H12F3NO2. The molecule has 0 aromatic heterocycles. The van der Waals surface area contributed by atoms with E-state index in [0.717, 1.165) is 0 Å². The first-order chi connectivity index (χ1) is 5.89. The Kier molecular flexibility index (Phi) is 4.76. The number of nitrogens with two attached hydrogens (primary N) is 1. The van der Waals surface area contributed by atoms with Gasteiger partial charge in [-0.1, -0.05) is 6.42 Å². The molecule has 3 nitrogen and oxygen atoms in total. The fraction of sp³-hybridized carbons (Fsp3) is 0.857. The smallest absolute Gasteiger partial charge is 0.402 e. The summed E-state index contributed by atoms with van der Waals surface area (Å²) in [4.78, 5) is 10.2. The van der Waals surface area contributed by atoms with Crippen LogP contribution >= 0.6 is 0 Å². The number of hydrogen-bond donors (Lipinski definition) is 2. The SMILES string of the molecule is NCCCC[C@H](C(=O)O)C(F)(F)F. The van der Waals surface area contributed by atoms with E-state index in [9.17, 15) is 18.0 Å². The van der Waals surface area contributed by atoms with Crippen LogP contribution in [0.3, 0.4) is 0 Å². The summed E-state index contributed by atoms with van der Waals surface area (Å²) in [6.45, 7) is 0.282. The first-order valence-electron chi connectivity index (χ1n) is 3.89. The van der Waals surface area contributed by atoms with Crippen molar-refractivity contribution < 1.29 is 23.1 Å². The standard InChI is InChI=1S/C7H12F3NO2/c8-7(9,10)5(6(12)13)3-1-2-4-11/h5H,1-4,11H2,(H,12,13)/t5-/m1/s1. The number of carboxylic acids is 1. The Morgan fingerprint density at radius 2 is 1.92 bits per heavy atom. The van der Waals surface area contributed by atoms with Gasteiger partial charge in [0.25, 0.3) is 0 Å². The zero-order valence-corrected chi connectivity index (χ0v) is 6.97. The maximum atomic E-state index is 12.0. The molecular weight excluding hydrogens is 187 g/mol. The zero-order chi connectivity index (χ0) is 10.5. The van der Waals surface area contributed by atoms with E-state index in [2.05, 4.69) is 0 Å². The Bertz CT molecular complexity index is 170. The molecule has 0 spiro atoms. The van der Waals surface area contributed by atoms with Crippen LogP contribution in [0.1, 0.15) is 19.3 Å². The molecule has 78 valence electrons. The van der Waals surface area contributed by atoms with Gasteiger partial charge in [-0.05, 0) is 19.4 Å². The van der Waals surface area contributed by atoms with Gasteiger partial charge in [-0.15, -0.1) is 0 Å². The minimum Gasteiger partial charge on any atom is -0.481 e. The van der Waals surface area contributed by atoms with Gasteiger partial charge >= 0.3 is 12.1 Å². The van der Waals surface area contributed by atoms with Gasteiger partial charge in [-0.2, -0.15) is 13.2 Å². The molecule has 0 aromatic rings. The lowest BCUT2D eigenvalue weighted by atomic mass is 10.0. The van der Waals surface area contributed by atoms with Crippen LogP contribution in [-0.2, 0) is 4.79 Å². The van der Waals surface area contributed by atoms with Gasteiger partial charge in [-0.25, -0.2) is 0 Å². The molecule has 0 saturated heterocycles. The first kappa shape index (κ1) is 12.2. The molecule has 0 unspecified atom stereocenters. The molecule has 0 saturated carbocycles. The second-order valence-corrected chi connectivity index (χ2v) is 2.72.